The Bertz CT molecular complexity index is 206. The Morgan fingerprint density at radius 3 is 2.87 bits per heavy atom. The Kier molecular flexibility index (Phi) is 4.88. The lowest BCUT2D eigenvalue weighted by Gasteiger charge is -2.19. The van der Waals surface area contributed by atoms with Crippen molar-refractivity contribution in [2.75, 3.05) is 26.7 Å². The first-order chi connectivity index (χ1) is 7.13. The Balaban J connectivity index is 2.26. The van der Waals surface area contributed by atoms with Gasteiger partial charge in [0.1, 0.15) is 0 Å². The van der Waals surface area contributed by atoms with Crippen molar-refractivity contribution in [1.82, 2.24) is 15.5 Å². The van der Waals surface area contributed by atoms with Gasteiger partial charge in [0.2, 0.25) is 0 Å². The number of hydrogen-bond donors (Lipinski definition) is 2. The van der Waals surface area contributed by atoms with Gasteiger partial charge in [0.25, 0.3) is 0 Å². The molecule has 15 heavy (non-hydrogen) atoms. The largest absolute Gasteiger partial charge is 0.336 e. The average Bonchev–Trinajstić information content (AvgIpc) is 2.62. The minimum absolute atomic E-state index is 0.0944. The monoisotopic (exact) mass is 213 g/mol. The first kappa shape index (κ1) is 12.3. The zero-order valence-corrected chi connectivity index (χ0v) is 10.0. The minimum Gasteiger partial charge on any atom is -0.336 e. The van der Waals surface area contributed by atoms with Crippen LogP contribution < -0.4 is 10.6 Å². The smallest absolute Gasteiger partial charge is 0.317 e. The summed E-state index contributed by atoms with van der Waals surface area (Å²) in [5, 5.41) is 6.08. The quantitative estimate of drug-likeness (QED) is 0.733. The van der Waals surface area contributed by atoms with Crippen molar-refractivity contribution in [2.45, 2.75) is 32.7 Å². The molecule has 0 spiro atoms. The highest BCUT2D eigenvalue weighted by atomic mass is 16.2. The maximum Gasteiger partial charge on any atom is 0.317 e. The number of amides is 2. The van der Waals surface area contributed by atoms with Crippen LogP contribution in [0.15, 0.2) is 0 Å². The summed E-state index contributed by atoms with van der Waals surface area (Å²) < 4.78 is 0. The number of nitrogens with zero attached hydrogens (tertiary/aromatic N) is 1. The van der Waals surface area contributed by atoms with Crippen molar-refractivity contribution in [3.8, 4) is 0 Å². The van der Waals surface area contributed by atoms with Gasteiger partial charge < -0.3 is 15.5 Å². The molecule has 0 radical (unpaired) electrons. The zero-order valence-electron chi connectivity index (χ0n) is 10.0. The van der Waals surface area contributed by atoms with Crippen molar-refractivity contribution in [3.05, 3.63) is 0 Å². The molecule has 4 nitrogen and oxygen atoms in total. The molecule has 1 unspecified atom stereocenters. The van der Waals surface area contributed by atoms with Crippen LogP contribution in [0.5, 0.6) is 0 Å². The Labute approximate surface area is 92.4 Å². The first-order valence-electron chi connectivity index (χ1n) is 5.83. The van der Waals surface area contributed by atoms with Crippen molar-refractivity contribution >= 4 is 6.03 Å². The highest BCUT2D eigenvalue weighted by Crippen LogP contribution is 2.18. The molecule has 1 rings (SSSR count). The molecule has 1 fully saturated rings. The van der Waals surface area contributed by atoms with Gasteiger partial charge in [-0.2, -0.15) is 0 Å². The molecule has 0 aromatic heterocycles. The van der Waals surface area contributed by atoms with Crippen molar-refractivity contribution < 1.29 is 4.79 Å². The van der Waals surface area contributed by atoms with E-state index in [2.05, 4.69) is 10.6 Å². The fourth-order valence-electron chi connectivity index (χ4n) is 1.94. The number of nitrogens with one attached hydrogen (secondary N) is 2. The third kappa shape index (κ3) is 4.08. The second-order valence-corrected chi connectivity index (χ2v) is 4.60. The van der Waals surface area contributed by atoms with Gasteiger partial charge in [0.05, 0.1) is 0 Å². The van der Waals surface area contributed by atoms with E-state index in [9.17, 15) is 4.79 Å². The molecule has 2 N–H and O–H groups in total. The van der Waals surface area contributed by atoms with Gasteiger partial charge in [-0.15, -0.1) is 0 Å². The van der Waals surface area contributed by atoms with E-state index in [4.69, 9.17) is 0 Å². The van der Waals surface area contributed by atoms with Crippen LogP contribution >= 0.6 is 0 Å². The van der Waals surface area contributed by atoms with Crippen molar-refractivity contribution in [2.24, 2.45) is 5.92 Å². The Morgan fingerprint density at radius 2 is 2.27 bits per heavy atom. The standard InChI is InChI=1S/C11H23N3O/c1-9(2)13-11(15)14-7-5-10(8-14)4-6-12-3/h9-10,12H,4-8H2,1-3H3,(H,13,15). The van der Waals surface area contributed by atoms with E-state index < -0.39 is 0 Å². The van der Waals surface area contributed by atoms with E-state index in [1.807, 2.05) is 25.8 Å². The van der Waals surface area contributed by atoms with Crippen LogP contribution in [-0.2, 0) is 0 Å². The number of carbonyl (C=O) groups is 1. The number of carbonyl (C=O) groups excluding carboxylic acids is 1. The van der Waals surface area contributed by atoms with Crippen LogP contribution in [0.25, 0.3) is 0 Å². The van der Waals surface area contributed by atoms with Crippen LogP contribution in [0.3, 0.4) is 0 Å². The van der Waals surface area contributed by atoms with Gasteiger partial charge in [-0.1, -0.05) is 0 Å². The second-order valence-electron chi connectivity index (χ2n) is 4.60. The highest BCUT2D eigenvalue weighted by molar-refractivity contribution is 5.74. The third-order valence-corrected chi connectivity index (χ3v) is 2.79. The van der Waals surface area contributed by atoms with E-state index in [1.54, 1.807) is 0 Å². The van der Waals surface area contributed by atoms with E-state index in [0.717, 1.165) is 26.1 Å². The molecule has 1 aliphatic rings. The topological polar surface area (TPSA) is 44.4 Å². The van der Waals surface area contributed by atoms with Crippen LogP contribution in [-0.4, -0.2) is 43.7 Å². The Morgan fingerprint density at radius 1 is 1.53 bits per heavy atom. The molecule has 0 aliphatic carbocycles. The lowest BCUT2D eigenvalue weighted by atomic mass is 10.1. The number of urea groups is 1. The summed E-state index contributed by atoms with van der Waals surface area (Å²) >= 11 is 0. The number of likely N-dealkylation sites (tertiary alicyclic amines) is 1. The van der Waals surface area contributed by atoms with Crippen LogP contribution in [0, 0.1) is 5.92 Å². The summed E-state index contributed by atoms with van der Waals surface area (Å²) in [7, 11) is 1.97. The zero-order chi connectivity index (χ0) is 11.3. The maximum atomic E-state index is 11.7. The van der Waals surface area contributed by atoms with Crippen LogP contribution in [0.4, 0.5) is 4.79 Å². The third-order valence-electron chi connectivity index (χ3n) is 2.79. The van der Waals surface area contributed by atoms with Gasteiger partial charge in [-0.3, -0.25) is 0 Å². The molecule has 0 bridgehead atoms. The SMILES string of the molecule is CNCCC1CCN(C(=O)NC(C)C)C1. The lowest BCUT2D eigenvalue weighted by Crippen LogP contribution is -2.41. The van der Waals surface area contributed by atoms with Crippen molar-refractivity contribution in [3.63, 3.8) is 0 Å². The molecular weight excluding hydrogens is 190 g/mol. The predicted molar refractivity (Wildman–Crippen MR) is 61.9 cm³/mol. The normalized spacial score (nSPS) is 21.1. The second kappa shape index (κ2) is 5.95. The molecule has 2 amide bonds. The fourth-order valence-corrected chi connectivity index (χ4v) is 1.94. The Hall–Kier alpha value is -0.770. The van der Waals surface area contributed by atoms with E-state index >= 15 is 0 Å². The first-order valence-corrected chi connectivity index (χ1v) is 5.83. The molecular formula is C11H23N3O. The molecule has 4 heteroatoms. The fraction of sp³-hybridized carbons (Fsp3) is 0.909. The molecule has 1 heterocycles. The molecule has 0 saturated carbocycles. The van der Waals surface area contributed by atoms with Crippen LogP contribution in [0.2, 0.25) is 0 Å². The summed E-state index contributed by atoms with van der Waals surface area (Å²) in [6.07, 6.45) is 2.31. The van der Waals surface area contributed by atoms with Gasteiger partial charge in [0.15, 0.2) is 0 Å². The molecule has 1 aliphatic heterocycles. The maximum absolute atomic E-state index is 11.7. The molecule has 1 saturated heterocycles. The van der Waals surface area contributed by atoms with Crippen LogP contribution in [0.1, 0.15) is 26.7 Å². The van der Waals surface area contributed by atoms with E-state index in [0.29, 0.717) is 5.92 Å². The summed E-state index contributed by atoms with van der Waals surface area (Å²) in [4.78, 5) is 13.6. The molecule has 88 valence electrons. The van der Waals surface area contributed by atoms with Gasteiger partial charge in [0, 0.05) is 19.1 Å². The van der Waals surface area contributed by atoms with E-state index in [1.165, 1.54) is 6.42 Å². The van der Waals surface area contributed by atoms with Gasteiger partial charge in [-0.05, 0) is 46.2 Å². The molecule has 0 aromatic rings. The summed E-state index contributed by atoms with van der Waals surface area (Å²) in [5.74, 6) is 0.676. The predicted octanol–water partition coefficient (Wildman–Crippen LogP) is 1.04. The van der Waals surface area contributed by atoms with Crippen molar-refractivity contribution in [1.29, 1.82) is 0 Å². The van der Waals surface area contributed by atoms with Gasteiger partial charge in [-0.25, -0.2) is 4.79 Å². The summed E-state index contributed by atoms with van der Waals surface area (Å²) in [6.45, 7) is 6.86. The highest BCUT2D eigenvalue weighted by Gasteiger charge is 2.25. The van der Waals surface area contributed by atoms with E-state index in [-0.39, 0.29) is 12.1 Å². The van der Waals surface area contributed by atoms with Gasteiger partial charge >= 0.3 is 6.03 Å². The molecule has 1 atom stereocenters. The number of rotatable bonds is 4. The number of hydrogen-bond acceptors (Lipinski definition) is 2. The minimum atomic E-state index is 0.0944. The summed E-state index contributed by atoms with van der Waals surface area (Å²) in [5.41, 5.74) is 0. The molecule has 0 aromatic carbocycles. The average molecular weight is 213 g/mol. The lowest BCUT2D eigenvalue weighted by molar-refractivity contribution is 0.204. The summed E-state index contributed by atoms with van der Waals surface area (Å²) in [6, 6.07) is 0.325.